The van der Waals surface area contributed by atoms with Crippen molar-refractivity contribution in [2.75, 3.05) is 10.8 Å². The van der Waals surface area contributed by atoms with Crippen molar-refractivity contribution in [3.05, 3.63) is 92.9 Å². The monoisotopic (exact) mass is 623 g/mol. The largest absolute Gasteiger partial charge is 0.352 e. The van der Waals surface area contributed by atoms with E-state index in [0.717, 1.165) is 15.4 Å². The van der Waals surface area contributed by atoms with Gasteiger partial charge in [0.1, 0.15) is 12.6 Å². The fourth-order valence-corrected chi connectivity index (χ4v) is 5.85. The zero-order chi connectivity index (χ0) is 29.6. The number of amides is 2. The Morgan fingerprint density at radius 3 is 2.10 bits per heavy atom. The van der Waals surface area contributed by atoms with Gasteiger partial charge in [0, 0.05) is 22.6 Å². The molecule has 0 aromatic heterocycles. The van der Waals surface area contributed by atoms with E-state index in [2.05, 4.69) is 5.32 Å². The molecule has 7 nitrogen and oxygen atoms in total. The van der Waals surface area contributed by atoms with Crippen LogP contribution in [0.15, 0.2) is 71.6 Å². The first-order valence-electron chi connectivity index (χ1n) is 12.7. The minimum Gasteiger partial charge on any atom is -0.352 e. The summed E-state index contributed by atoms with van der Waals surface area (Å²) in [6, 6.07) is 16.5. The summed E-state index contributed by atoms with van der Waals surface area (Å²) in [7, 11) is -4.26. The number of hydrogen-bond acceptors (Lipinski definition) is 4. The van der Waals surface area contributed by atoms with E-state index in [9.17, 15) is 18.0 Å². The van der Waals surface area contributed by atoms with E-state index in [1.165, 1.54) is 35.2 Å². The summed E-state index contributed by atoms with van der Waals surface area (Å²) in [6.45, 7) is 6.68. The summed E-state index contributed by atoms with van der Waals surface area (Å²) < 4.78 is 28.8. The Hall–Kier alpha value is -2.78. The fourth-order valence-electron chi connectivity index (χ4n) is 3.86. The van der Waals surface area contributed by atoms with Crippen molar-refractivity contribution in [3.8, 4) is 0 Å². The molecule has 0 aliphatic rings. The molecule has 2 amide bonds. The van der Waals surface area contributed by atoms with E-state index in [0.29, 0.717) is 11.4 Å². The second-order valence-corrected chi connectivity index (χ2v) is 12.7. The van der Waals surface area contributed by atoms with Gasteiger partial charge in [0.05, 0.1) is 15.6 Å². The third-order valence-corrected chi connectivity index (χ3v) is 9.08. The molecule has 0 spiro atoms. The molecule has 0 bridgehead atoms. The lowest BCUT2D eigenvalue weighted by Crippen LogP contribution is -2.52. The number of rotatable bonds is 11. The van der Waals surface area contributed by atoms with Crippen molar-refractivity contribution in [2.24, 2.45) is 0 Å². The molecule has 2 atom stereocenters. The lowest BCUT2D eigenvalue weighted by molar-refractivity contribution is -0.139. The van der Waals surface area contributed by atoms with Crippen LogP contribution in [0.4, 0.5) is 5.69 Å². The number of nitrogens with zero attached hydrogens (tertiary/aromatic N) is 2. The highest BCUT2D eigenvalue weighted by Crippen LogP contribution is 2.33. The predicted octanol–water partition coefficient (Wildman–Crippen LogP) is 6.48. The third kappa shape index (κ3) is 7.91. The molecule has 1 N–H and O–H groups in total. The number of sulfonamides is 1. The van der Waals surface area contributed by atoms with Gasteiger partial charge in [-0.1, -0.05) is 71.6 Å². The first-order chi connectivity index (χ1) is 18.8. The highest BCUT2D eigenvalue weighted by Gasteiger charge is 2.33. The van der Waals surface area contributed by atoms with E-state index in [1.54, 1.807) is 43.3 Å². The molecule has 3 aromatic rings. The average molecular weight is 625 g/mol. The topological polar surface area (TPSA) is 86.8 Å². The standard InChI is InChI=1S/C29H32Cl3N3O4S/c1-5-20(3)33-29(37)21(4)34(17-22-8-10-23(30)11-9-22)28(36)18-35(27-16-24(31)12-15-26(27)32)40(38,39)25-13-6-19(2)7-14-25/h6-16,20-21H,5,17-18H2,1-4H3,(H,33,37)/t20-,21-/m0/s1. The van der Waals surface area contributed by atoms with Gasteiger partial charge in [-0.3, -0.25) is 13.9 Å². The second-order valence-electron chi connectivity index (χ2n) is 9.56. The highest BCUT2D eigenvalue weighted by atomic mass is 35.5. The van der Waals surface area contributed by atoms with E-state index in [-0.39, 0.29) is 39.1 Å². The molecule has 0 aliphatic heterocycles. The van der Waals surface area contributed by atoms with Crippen LogP contribution in [0, 0.1) is 6.92 Å². The van der Waals surface area contributed by atoms with Crippen molar-refractivity contribution >= 4 is 62.3 Å². The smallest absolute Gasteiger partial charge is 0.264 e. The van der Waals surface area contributed by atoms with Crippen LogP contribution < -0.4 is 9.62 Å². The van der Waals surface area contributed by atoms with Crippen LogP contribution in [0.3, 0.4) is 0 Å². The Kier molecular flexibility index (Phi) is 10.9. The molecule has 0 saturated heterocycles. The number of benzene rings is 3. The summed E-state index contributed by atoms with van der Waals surface area (Å²) in [6.07, 6.45) is 0.708. The molecule has 0 radical (unpaired) electrons. The molecule has 0 fully saturated rings. The van der Waals surface area contributed by atoms with Gasteiger partial charge in [0.25, 0.3) is 10.0 Å². The number of anilines is 1. The van der Waals surface area contributed by atoms with Gasteiger partial charge in [-0.25, -0.2) is 8.42 Å². The molecular weight excluding hydrogens is 593 g/mol. The first-order valence-corrected chi connectivity index (χ1v) is 15.3. The van der Waals surface area contributed by atoms with Crippen LogP contribution in [0.1, 0.15) is 38.3 Å². The maximum absolute atomic E-state index is 14.0. The molecule has 0 heterocycles. The highest BCUT2D eigenvalue weighted by molar-refractivity contribution is 7.92. The SMILES string of the molecule is CC[C@H](C)NC(=O)[C@H](C)N(Cc1ccc(Cl)cc1)C(=O)CN(c1cc(Cl)ccc1Cl)S(=O)(=O)c1ccc(C)cc1. The molecule has 0 aliphatic carbocycles. The molecule has 40 heavy (non-hydrogen) atoms. The Morgan fingerprint density at radius 2 is 1.50 bits per heavy atom. The van der Waals surface area contributed by atoms with Gasteiger partial charge in [-0.05, 0) is 75.2 Å². The lowest BCUT2D eigenvalue weighted by atomic mass is 10.1. The Bertz CT molecular complexity index is 1450. The first kappa shape index (κ1) is 31.7. The maximum Gasteiger partial charge on any atom is 0.264 e. The van der Waals surface area contributed by atoms with E-state index >= 15 is 0 Å². The molecule has 3 rings (SSSR count). The zero-order valence-electron chi connectivity index (χ0n) is 22.7. The van der Waals surface area contributed by atoms with Gasteiger partial charge >= 0.3 is 0 Å². The van der Waals surface area contributed by atoms with Gasteiger partial charge in [-0.2, -0.15) is 0 Å². The fraction of sp³-hybridized carbons (Fsp3) is 0.310. The van der Waals surface area contributed by atoms with E-state index in [4.69, 9.17) is 34.8 Å². The molecule has 0 saturated carbocycles. The molecule has 11 heteroatoms. The van der Waals surface area contributed by atoms with E-state index < -0.39 is 28.5 Å². The average Bonchev–Trinajstić information content (AvgIpc) is 2.92. The van der Waals surface area contributed by atoms with Crippen molar-refractivity contribution in [3.63, 3.8) is 0 Å². The summed E-state index contributed by atoms with van der Waals surface area (Å²) in [5, 5.41) is 3.76. The Morgan fingerprint density at radius 1 is 0.900 bits per heavy atom. The second kappa shape index (κ2) is 13.7. The zero-order valence-corrected chi connectivity index (χ0v) is 25.8. The van der Waals surface area contributed by atoms with Gasteiger partial charge < -0.3 is 10.2 Å². The number of carbonyl (C=O) groups excluding carboxylic acids is 2. The third-order valence-electron chi connectivity index (χ3n) is 6.50. The van der Waals surface area contributed by atoms with E-state index in [1.807, 2.05) is 20.8 Å². The predicted molar refractivity (Wildman–Crippen MR) is 162 cm³/mol. The normalized spacial score (nSPS) is 12.9. The summed E-state index contributed by atoms with van der Waals surface area (Å²) >= 11 is 18.7. The minimum absolute atomic E-state index is 0.0197. The number of carbonyl (C=O) groups is 2. The molecular formula is C29H32Cl3N3O4S. The van der Waals surface area contributed by atoms with Crippen LogP contribution >= 0.6 is 34.8 Å². The molecule has 0 unspecified atom stereocenters. The number of halogens is 3. The van der Waals surface area contributed by atoms with Crippen molar-refractivity contribution in [1.82, 2.24) is 10.2 Å². The van der Waals surface area contributed by atoms with Crippen molar-refractivity contribution in [2.45, 2.75) is 57.6 Å². The van der Waals surface area contributed by atoms with Gasteiger partial charge in [0.15, 0.2) is 0 Å². The van der Waals surface area contributed by atoms with Crippen molar-refractivity contribution < 1.29 is 18.0 Å². The van der Waals surface area contributed by atoms with Crippen LogP contribution in [-0.4, -0.2) is 43.8 Å². The van der Waals surface area contributed by atoms with Crippen LogP contribution in [0.2, 0.25) is 15.1 Å². The molecule has 214 valence electrons. The maximum atomic E-state index is 14.0. The molecule has 3 aromatic carbocycles. The minimum atomic E-state index is -4.26. The van der Waals surface area contributed by atoms with Gasteiger partial charge in [0.2, 0.25) is 11.8 Å². The van der Waals surface area contributed by atoms with Crippen LogP contribution in [0.25, 0.3) is 0 Å². The van der Waals surface area contributed by atoms with Crippen molar-refractivity contribution in [1.29, 1.82) is 0 Å². The summed E-state index contributed by atoms with van der Waals surface area (Å²) in [4.78, 5) is 28.4. The summed E-state index contributed by atoms with van der Waals surface area (Å²) in [5.41, 5.74) is 1.64. The number of hydrogen-bond donors (Lipinski definition) is 1. The number of nitrogens with one attached hydrogen (secondary N) is 1. The quantitative estimate of drug-likeness (QED) is 0.265. The lowest BCUT2D eigenvalue weighted by Gasteiger charge is -2.32. The Labute approximate surface area is 251 Å². The van der Waals surface area contributed by atoms with Crippen LogP contribution in [-0.2, 0) is 26.2 Å². The number of aryl methyl sites for hydroxylation is 1. The Balaban J connectivity index is 2.06. The van der Waals surface area contributed by atoms with Gasteiger partial charge in [-0.15, -0.1) is 0 Å². The summed E-state index contributed by atoms with van der Waals surface area (Å²) in [5.74, 6) is -0.959. The van der Waals surface area contributed by atoms with Crippen LogP contribution in [0.5, 0.6) is 0 Å².